The molecule has 0 unspecified atom stereocenters. The zero-order chi connectivity index (χ0) is 16.4. The first-order chi connectivity index (χ1) is 11.0. The minimum atomic E-state index is -3.71. The van der Waals surface area contributed by atoms with Crippen molar-refractivity contribution < 1.29 is 17.9 Å². The molecule has 3 rings (SSSR count). The Morgan fingerprint density at radius 3 is 2.35 bits per heavy atom. The van der Waals surface area contributed by atoms with Gasteiger partial charge in [0, 0.05) is 31.8 Å². The van der Waals surface area contributed by atoms with Gasteiger partial charge < -0.3 is 10.0 Å². The van der Waals surface area contributed by atoms with E-state index in [4.69, 9.17) is 0 Å². The summed E-state index contributed by atoms with van der Waals surface area (Å²) in [5.41, 5.74) is 0.714. The highest BCUT2D eigenvalue weighted by molar-refractivity contribution is 7.89. The number of nitrogens with zero attached hydrogens (tertiary/aromatic N) is 2. The third kappa shape index (κ3) is 3.16. The van der Waals surface area contributed by atoms with E-state index in [1.54, 1.807) is 17.1 Å². The molecule has 0 bridgehead atoms. The van der Waals surface area contributed by atoms with Gasteiger partial charge in [-0.2, -0.15) is 4.31 Å². The van der Waals surface area contributed by atoms with Crippen LogP contribution in [0.3, 0.4) is 0 Å². The molecular formula is C16H17FN2O3S. The molecule has 1 aromatic rings. The van der Waals surface area contributed by atoms with Crippen LogP contribution in [-0.4, -0.2) is 48.9 Å². The number of benzene rings is 1. The Morgan fingerprint density at radius 2 is 1.74 bits per heavy atom. The molecule has 0 saturated carbocycles. The fourth-order valence-corrected chi connectivity index (χ4v) is 4.08. The molecule has 1 fully saturated rings. The van der Waals surface area contributed by atoms with Gasteiger partial charge in [-0.25, -0.2) is 12.8 Å². The van der Waals surface area contributed by atoms with Crippen molar-refractivity contribution in [1.82, 2.24) is 9.21 Å². The second-order valence-electron chi connectivity index (χ2n) is 5.35. The van der Waals surface area contributed by atoms with E-state index >= 15 is 0 Å². The lowest BCUT2D eigenvalue weighted by Gasteiger charge is -2.34. The number of halogens is 1. The van der Waals surface area contributed by atoms with Gasteiger partial charge in [0.2, 0.25) is 10.0 Å². The summed E-state index contributed by atoms with van der Waals surface area (Å²) in [5, 5.41) is 10.2. The van der Waals surface area contributed by atoms with Crippen LogP contribution in [0.4, 0.5) is 4.39 Å². The van der Waals surface area contributed by atoms with Crippen LogP contribution >= 0.6 is 0 Å². The van der Waals surface area contributed by atoms with Gasteiger partial charge >= 0.3 is 0 Å². The number of piperazine rings is 1. The average molecular weight is 336 g/mol. The normalized spacial score (nSPS) is 18.7. The zero-order valence-corrected chi connectivity index (χ0v) is 13.2. The molecule has 1 N–H and O–H groups in total. The van der Waals surface area contributed by atoms with Crippen molar-refractivity contribution in [1.29, 1.82) is 0 Å². The molecule has 2 aliphatic rings. The Labute approximate surface area is 134 Å². The molecule has 0 spiro atoms. The largest absolute Gasteiger partial charge is 0.494 e. The van der Waals surface area contributed by atoms with Crippen molar-refractivity contribution in [2.24, 2.45) is 0 Å². The Bertz CT molecular complexity index is 777. The summed E-state index contributed by atoms with van der Waals surface area (Å²) in [4.78, 5) is 1.70. The predicted molar refractivity (Wildman–Crippen MR) is 84.7 cm³/mol. The molecule has 1 aromatic carbocycles. The molecule has 1 heterocycles. The smallest absolute Gasteiger partial charge is 0.243 e. The van der Waals surface area contributed by atoms with Gasteiger partial charge in [0.25, 0.3) is 0 Å². The first kappa shape index (κ1) is 15.8. The lowest BCUT2D eigenvalue weighted by atomic mass is 10.2. The van der Waals surface area contributed by atoms with Crippen LogP contribution in [0.15, 0.2) is 64.9 Å². The Balaban J connectivity index is 1.73. The molecule has 0 amide bonds. The van der Waals surface area contributed by atoms with Crippen LogP contribution < -0.4 is 0 Å². The number of aliphatic hydroxyl groups is 1. The van der Waals surface area contributed by atoms with E-state index in [0.29, 0.717) is 18.7 Å². The first-order valence-electron chi connectivity index (χ1n) is 7.27. The summed E-state index contributed by atoms with van der Waals surface area (Å²) in [6, 6.07) is 5.00. The molecule has 0 atom stereocenters. The molecular weight excluding hydrogens is 319 g/mol. The number of aliphatic hydroxyl groups excluding tert-OH is 1. The molecule has 7 heteroatoms. The molecule has 23 heavy (non-hydrogen) atoms. The van der Waals surface area contributed by atoms with Crippen LogP contribution in [0.25, 0.3) is 0 Å². The topological polar surface area (TPSA) is 60.9 Å². The van der Waals surface area contributed by atoms with Crippen LogP contribution in [0.2, 0.25) is 0 Å². The van der Waals surface area contributed by atoms with Crippen molar-refractivity contribution in [3.05, 3.63) is 65.8 Å². The van der Waals surface area contributed by atoms with E-state index in [1.165, 1.54) is 22.5 Å². The summed E-state index contributed by atoms with van der Waals surface area (Å²) in [6.07, 6.45) is 7.25. The van der Waals surface area contributed by atoms with Crippen molar-refractivity contribution in [3.63, 3.8) is 0 Å². The maximum absolute atomic E-state index is 13.3. The highest BCUT2D eigenvalue weighted by Gasteiger charge is 2.29. The standard InChI is InChI=1S/C16H17FN2O3S/c17-14-6-3-7-15(12-14)23(21,22)19-10-8-18(9-11-19)16(20)13-4-1-2-5-13/h1-7,12,20H,8-11H2. The molecule has 122 valence electrons. The van der Waals surface area contributed by atoms with Crippen LogP contribution in [-0.2, 0) is 10.0 Å². The highest BCUT2D eigenvalue weighted by atomic mass is 32.2. The van der Waals surface area contributed by atoms with E-state index in [-0.39, 0.29) is 23.9 Å². The second kappa shape index (κ2) is 6.17. The van der Waals surface area contributed by atoms with Crippen LogP contribution in [0.5, 0.6) is 0 Å². The maximum Gasteiger partial charge on any atom is 0.243 e. The minimum Gasteiger partial charge on any atom is -0.494 e. The van der Waals surface area contributed by atoms with Gasteiger partial charge in [-0.1, -0.05) is 18.2 Å². The SMILES string of the molecule is O=S(=O)(c1cccc(F)c1)N1CCN(C(O)=C2C=CC=C2)CC1. The second-order valence-corrected chi connectivity index (χ2v) is 7.28. The van der Waals surface area contributed by atoms with Crippen molar-refractivity contribution in [2.45, 2.75) is 4.90 Å². The molecule has 0 radical (unpaired) electrons. The van der Waals surface area contributed by atoms with Gasteiger partial charge in [-0.15, -0.1) is 0 Å². The zero-order valence-electron chi connectivity index (χ0n) is 12.4. The summed E-state index contributed by atoms with van der Waals surface area (Å²) in [5.74, 6) is -0.426. The van der Waals surface area contributed by atoms with E-state index in [2.05, 4.69) is 0 Å². The first-order valence-corrected chi connectivity index (χ1v) is 8.71. The fourth-order valence-electron chi connectivity index (χ4n) is 2.62. The summed E-state index contributed by atoms with van der Waals surface area (Å²) in [7, 11) is -3.71. The predicted octanol–water partition coefficient (Wildman–Crippen LogP) is 2.03. The molecule has 1 aliphatic carbocycles. The number of hydrogen-bond donors (Lipinski definition) is 1. The monoisotopic (exact) mass is 336 g/mol. The third-order valence-electron chi connectivity index (χ3n) is 3.89. The van der Waals surface area contributed by atoms with E-state index in [1.807, 2.05) is 12.2 Å². The molecule has 5 nitrogen and oxygen atoms in total. The number of rotatable bonds is 3. The lowest BCUT2D eigenvalue weighted by Crippen LogP contribution is -2.48. The van der Waals surface area contributed by atoms with Crippen LogP contribution in [0.1, 0.15) is 0 Å². The van der Waals surface area contributed by atoms with Gasteiger partial charge in [0.1, 0.15) is 5.82 Å². The maximum atomic E-state index is 13.3. The average Bonchev–Trinajstić information content (AvgIpc) is 3.09. The van der Waals surface area contributed by atoms with E-state index in [9.17, 15) is 17.9 Å². The van der Waals surface area contributed by atoms with E-state index in [0.717, 1.165) is 6.07 Å². The van der Waals surface area contributed by atoms with Crippen molar-refractivity contribution >= 4 is 10.0 Å². The summed E-state index contributed by atoms with van der Waals surface area (Å²) in [6.45, 7) is 1.24. The van der Waals surface area contributed by atoms with E-state index < -0.39 is 15.8 Å². The lowest BCUT2D eigenvalue weighted by molar-refractivity contribution is 0.150. The Hall–Kier alpha value is -2.12. The van der Waals surface area contributed by atoms with Crippen molar-refractivity contribution in [3.8, 4) is 0 Å². The van der Waals surface area contributed by atoms with Crippen molar-refractivity contribution in [2.75, 3.05) is 26.2 Å². The number of hydrogen-bond acceptors (Lipinski definition) is 4. The highest BCUT2D eigenvalue weighted by Crippen LogP contribution is 2.21. The Kier molecular flexibility index (Phi) is 4.23. The van der Waals surface area contributed by atoms with Gasteiger partial charge in [-0.05, 0) is 30.4 Å². The molecule has 1 saturated heterocycles. The third-order valence-corrected chi connectivity index (χ3v) is 5.79. The quantitative estimate of drug-likeness (QED) is 0.858. The Morgan fingerprint density at radius 1 is 1.09 bits per heavy atom. The fraction of sp³-hybridized carbons (Fsp3) is 0.250. The number of allylic oxidation sites excluding steroid dienone is 5. The van der Waals surface area contributed by atoms with Gasteiger partial charge in [-0.3, -0.25) is 0 Å². The molecule has 1 aliphatic heterocycles. The minimum absolute atomic E-state index is 0.0461. The van der Waals surface area contributed by atoms with Gasteiger partial charge in [0.15, 0.2) is 5.88 Å². The van der Waals surface area contributed by atoms with Crippen LogP contribution in [0, 0.1) is 5.82 Å². The van der Waals surface area contributed by atoms with Gasteiger partial charge in [0.05, 0.1) is 4.90 Å². The summed E-state index contributed by atoms with van der Waals surface area (Å²) >= 11 is 0. The number of sulfonamides is 1. The summed E-state index contributed by atoms with van der Waals surface area (Å²) < 4.78 is 39.6. The molecule has 0 aromatic heterocycles.